The second-order valence-electron chi connectivity index (χ2n) is 9.83. The highest BCUT2D eigenvalue weighted by Gasteiger charge is 2.37. The lowest BCUT2D eigenvalue weighted by molar-refractivity contribution is -0.180. The molecule has 1 aliphatic heterocycles. The van der Waals surface area contributed by atoms with Crippen LogP contribution >= 0.6 is 11.3 Å². The summed E-state index contributed by atoms with van der Waals surface area (Å²) in [7, 11) is -5.59. The molecule has 2 heterocycles. The van der Waals surface area contributed by atoms with Gasteiger partial charge in [-0.15, -0.1) is 11.3 Å². The van der Waals surface area contributed by atoms with Gasteiger partial charge in [-0.3, -0.25) is 0 Å². The van der Waals surface area contributed by atoms with Gasteiger partial charge in [-0.1, -0.05) is 45.0 Å². The zero-order valence-corrected chi connectivity index (χ0v) is 22.2. The maximum absolute atomic E-state index is 11.8. The highest BCUT2D eigenvalue weighted by Crippen LogP contribution is 2.38. The summed E-state index contributed by atoms with van der Waals surface area (Å²) >= 11 is 1.33. The minimum absolute atomic E-state index is 0.107. The van der Waals surface area contributed by atoms with Crippen molar-refractivity contribution < 1.29 is 22.3 Å². The van der Waals surface area contributed by atoms with Crippen molar-refractivity contribution in [3.8, 4) is 0 Å². The molecule has 1 fully saturated rings. The third-order valence-corrected chi connectivity index (χ3v) is 12.8. The van der Waals surface area contributed by atoms with E-state index in [9.17, 15) is 8.42 Å². The van der Waals surface area contributed by atoms with Crippen molar-refractivity contribution in [1.82, 2.24) is 0 Å². The second kappa shape index (κ2) is 10.0. The van der Waals surface area contributed by atoms with Crippen LogP contribution in [-0.2, 0) is 30.5 Å². The van der Waals surface area contributed by atoms with Crippen LogP contribution < -0.4 is 5.14 Å². The number of primary sulfonamides is 1. The van der Waals surface area contributed by atoms with Crippen LogP contribution in [0.4, 0.5) is 0 Å². The van der Waals surface area contributed by atoms with Crippen molar-refractivity contribution in [2.45, 2.75) is 82.1 Å². The number of thiophene rings is 1. The molecule has 0 amide bonds. The predicted octanol–water partition coefficient (Wildman–Crippen LogP) is 5.55. The van der Waals surface area contributed by atoms with Gasteiger partial charge in [0.1, 0.15) is 6.10 Å². The number of benzene rings is 1. The number of nitrogens with two attached hydrogens (primary N) is 1. The standard InChI is InChI=1S/C23H35NO5S2Si/c1-23(2,3)32(4,5)28-15-17-9-11-18(12-10-17)22(29-21-8-6-7-13-27-21)20-14-19(16-30-20)31(24,25)26/h9-12,14,16,21-22H,6-8,13,15H2,1-5H3,(H2,24,25,26). The molecule has 2 aromatic rings. The lowest BCUT2D eigenvalue weighted by atomic mass is 10.1. The van der Waals surface area contributed by atoms with Gasteiger partial charge in [0.15, 0.2) is 14.6 Å². The van der Waals surface area contributed by atoms with Crippen LogP contribution in [0.15, 0.2) is 40.6 Å². The Hall–Kier alpha value is -1.07. The normalized spacial score (nSPS) is 19.1. The first-order valence-corrected chi connectivity index (χ1v) is 16.3. The van der Waals surface area contributed by atoms with Crippen molar-refractivity contribution >= 4 is 29.7 Å². The van der Waals surface area contributed by atoms with Crippen molar-refractivity contribution in [1.29, 1.82) is 0 Å². The fourth-order valence-corrected chi connectivity index (χ4v) is 6.01. The molecule has 1 aromatic carbocycles. The van der Waals surface area contributed by atoms with Gasteiger partial charge >= 0.3 is 0 Å². The quantitative estimate of drug-likeness (QED) is 0.483. The van der Waals surface area contributed by atoms with Gasteiger partial charge in [0, 0.05) is 16.9 Å². The Balaban J connectivity index is 1.80. The monoisotopic (exact) mass is 497 g/mol. The molecule has 6 nitrogen and oxygen atoms in total. The van der Waals surface area contributed by atoms with Gasteiger partial charge in [0.2, 0.25) is 10.0 Å². The van der Waals surface area contributed by atoms with Crippen molar-refractivity contribution in [2.75, 3.05) is 6.61 Å². The van der Waals surface area contributed by atoms with Crippen molar-refractivity contribution in [3.63, 3.8) is 0 Å². The Morgan fingerprint density at radius 3 is 2.44 bits per heavy atom. The molecule has 2 N–H and O–H groups in total. The van der Waals surface area contributed by atoms with E-state index in [0.717, 1.165) is 35.3 Å². The van der Waals surface area contributed by atoms with Crippen molar-refractivity contribution in [3.05, 3.63) is 51.7 Å². The Morgan fingerprint density at radius 2 is 1.91 bits per heavy atom. The van der Waals surface area contributed by atoms with E-state index in [-0.39, 0.29) is 16.2 Å². The zero-order chi connectivity index (χ0) is 23.6. The molecule has 1 aromatic heterocycles. The first-order valence-electron chi connectivity index (χ1n) is 11.0. The van der Waals surface area contributed by atoms with E-state index in [4.69, 9.17) is 19.0 Å². The molecular formula is C23H35NO5S2Si. The fraction of sp³-hybridized carbons (Fsp3) is 0.565. The molecular weight excluding hydrogens is 462 g/mol. The van der Waals surface area contributed by atoms with Crippen molar-refractivity contribution in [2.24, 2.45) is 5.14 Å². The van der Waals surface area contributed by atoms with E-state index in [0.29, 0.717) is 13.2 Å². The third kappa shape index (κ3) is 6.50. The molecule has 9 heteroatoms. The minimum Gasteiger partial charge on any atom is -0.413 e. The van der Waals surface area contributed by atoms with E-state index < -0.39 is 24.4 Å². The van der Waals surface area contributed by atoms with Crippen LogP contribution in [0.25, 0.3) is 0 Å². The van der Waals surface area contributed by atoms with Gasteiger partial charge < -0.3 is 13.9 Å². The highest BCUT2D eigenvalue weighted by atomic mass is 32.2. The molecule has 3 rings (SSSR count). The summed E-state index contributed by atoms with van der Waals surface area (Å²) in [6.45, 7) is 12.4. The second-order valence-corrected chi connectivity index (χ2v) is 17.1. The number of hydrogen-bond donors (Lipinski definition) is 1. The Bertz CT molecular complexity index is 990. The Kier molecular flexibility index (Phi) is 8.02. The summed E-state index contributed by atoms with van der Waals surface area (Å²) in [5.41, 5.74) is 2.04. The third-order valence-electron chi connectivity index (χ3n) is 6.30. The number of rotatable bonds is 8. The molecule has 2 atom stereocenters. The smallest absolute Gasteiger partial charge is 0.238 e. The molecule has 1 saturated heterocycles. The first-order chi connectivity index (χ1) is 14.9. The largest absolute Gasteiger partial charge is 0.413 e. The van der Waals surface area contributed by atoms with Crippen LogP contribution in [0.2, 0.25) is 18.1 Å². The van der Waals surface area contributed by atoms with E-state index >= 15 is 0 Å². The Labute approximate surface area is 197 Å². The van der Waals surface area contributed by atoms with Crippen LogP contribution in [0.3, 0.4) is 0 Å². The van der Waals surface area contributed by atoms with E-state index in [1.807, 2.05) is 12.1 Å². The van der Waals surface area contributed by atoms with Gasteiger partial charge in [0.25, 0.3) is 0 Å². The van der Waals surface area contributed by atoms with E-state index in [1.54, 1.807) is 11.4 Å². The number of ether oxygens (including phenoxy) is 2. The molecule has 178 valence electrons. The lowest BCUT2D eigenvalue weighted by Crippen LogP contribution is -2.40. The van der Waals surface area contributed by atoms with Crippen LogP contribution in [0.1, 0.15) is 62.1 Å². The SMILES string of the molecule is CC(C)(C)[Si](C)(C)OCc1ccc(C(OC2CCCCO2)c2cc(S(N)(=O)=O)cs2)cc1. The number of hydrogen-bond acceptors (Lipinski definition) is 6. The van der Waals surface area contributed by atoms with Gasteiger partial charge in [-0.2, -0.15) is 0 Å². The van der Waals surface area contributed by atoms with Gasteiger partial charge in [0.05, 0.1) is 11.5 Å². The molecule has 0 bridgehead atoms. The molecule has 0 spiro atoms. The molecule has 0 radical (unpaired) electrons. The molecule has 32 heavy (non-hydrogen) atoms. The molecule has 1 aliphatic rings. The summed E-state index contributed by atoms with van der Waals surface area (Å²) in [5.74, 6) is 0. The van der Waals surface area contributed by atoms with E-state index in [2.05, 4.69) is 46.0 Å². The fourth-order valence-electron chi connectivity index (χ4n) is 3.17. The highest BCUT2D eigenvalue weighted by molar-refractivity contribution is 7.89. The summed E-state index contributed by atoms with van der Waals surface area (Å²) in [4.78, 5) is 0.892. The van der Waals surface area contributed by atoms with Crippen LogP contribution in [0, 0.1) is 0 Å². The maximum atomic E-state index is 11.8. The average Bonchev–Trinajstić information content (AvgIpc) is 3.21. The molecule has 0 saturated carbocycles. The summed E-state index contributed by atoms with van der Waals surface area (Å²) < 4.78 is 42.0. The maximum Gasteiger partial charge on any atom is 0.238 e. The first kappa shape index (κ1) is 25.5. The topological polar surface area (TPSA) is 87.8 Å². The predicted molar refractivity (Wildman–Crippen MR) is 131 cm³/mol. The van der Waals surface area contributed by atoms with Crippen LogP contribution in [0.5, 0.6) is 0 Å². The van der Waals surface area contributed by atoms with Gasteiger partial charge in [-0.25, -0.2) is 13.6 Å². The summed E-state index contributed by atoms with van der Waals surface area (Å²) in [6.07, 6.45) is 2.17. The van der Waals surface area contributed by atoms with Crippen LogP contribution in [-0.4, -0.2) is 29.6 Å². The minimum atomic E-state index is -3.76. The molecule has 2 unspecified atom stereocenters. The van der Waals surface area contributed by atoms with Gasteiger partial charge in [-0.05, 0) is 54.6 Å². The average molecular weight is 498 g/mol. The zero-order valence-electron chi connectivity index (χ0n) is 19.6. The summed E-state index contributed by atoms with van der Waals surface area (Å²) in [5, 5.41) is 7.03. The molecule has 0 aliphatic carbocycles. The summed E-state index contributed by atoms with van der Waals surface area (Å²) in [6, 6.07) is 9.74. The number of sulfonamides is 1. The lowest BCUT2D eigenvalue weighted by Gasteiger charge is -2.36. The Morgan fingerprint density at radius 1 is 1.22 bits per heavy atom. The van der Waals surface area contributed by atoms with E-state index in [1.165, 1.54) is 11.3 Å².